The highest BCUT2D eigenvalue weighted by atomic mass is 35.5. The second-order valence-corrected chi connectivity index (χ2v) is 5.66. The average Bonchev–Trinajstić information content (AvgIpc) is 2.88. The fourth-order valence-electron chi connectivity index (χ4n) is 2.31. The summed E-state index contributed by atoms with van der Waals surface area (Å²) in [5.74, 6) is 0.0764. The Bertz CT molecular complexity index is 797. The third-order valence-corrected chi connectivity index (χ3v) is 3.69. The van der Waals surface area contributed by atoms with Crippen LogP contribution in [0.3, 0.4) is 0 Å². The van der Waals surface area contributed by atoms with Crippen LogP contribution in [-0.4, -0.2) is 11.7 Å². The molecule has 1 aliphatic rings. The number of amides is 1. The molecule has 3 nitrogen and oxygen atoms in total. The minimum atomic E-state index is -0.311. The van der Waals surface area contributed by atoms with Gasteiger partial charge in [-0.15, -0.1) is 0 Å². The Kier molecular flexibility index (Phi) is 4.53. The molecule has 1 aliphatic heterocycles. The lowest BCUT2D eigenvalue weighted by atomic mass is 10.1. The molecule has 1 heterocycles. The van der Waals surface area contributed by atoms with Crippen molar-refractivity contribution in [1.29, 1.82) is 0 Å². The highest BCUT2D eigenvalue weighted by Gasteiger charge is 2.19. The zero-order valence-electron chi connectivity index (χ0n) is 12.2. The van der Waals surface area contributed by atoms with Gasteiger partial charge in [0.2, 0.25) is 0 Å². The Morgan fingerprint density at radius 3 is 2.65 bits per heavy atom. The van der Waals surface area contributed by atoms with Crippen molar-refractivity contribution in [1.82, 2.24) is 5.32 Å². The van der Waals surface area contributed by atoms with Gasteiger partial charge >= 0.3 is 0 Å². The van der Waals surface area contributed by atoms with E-state index in [4.69, 9.17) is 11.6 Å². The molecule has 2 aromatic carbocycles. The van der Waals surface area contributed by atoms with Crippen molar-refractivity contribution in [2.24, 2.45) is 4.99 Å². The number of rotatable bonds is 4. The summed E-state index contributed by atoms with van der Waals surface area (Å²) in [7, 11) is 0. The molecule has 116 valence electrons. The second-order valence-electron chi connectivity index (χ2n) is 5.22. The zero-order valence-corrected chi connectivity index (χ0v) is 13.0. The fraction of sp³-hybridized carbons (Fsp3) is 0.111. The highest BCUT2D eigenvalue weighted by Crippen LogP contribution is 2.16. The molecular formula is C18H14ClFN2O. The van der Waals surface area contributed by atoms with Gasteiger partial charge in [0.15, 0.2) is 0 Å². The topological polar surface area (TPSA) is 41.5 Å². The monoisotopic (exact) mass is 328 g/mol. The molecule has 0 bridgehead atoms. The van der Waals surface area contributed by atoms with Crippen molar-refractivity contribution in [3.8, 4) is 0 Å². The second kappa shape index (κ2) is 6.75. The van der Waals surface area contributed by atoms with Crippen molar-refractivity contribution >= 4 is 29.4 Å². The van der Waals surface area contributed by atoms with Crippen LogP contribution in [0, 0.1) is 5.82 Å². The maximum atomic E-state index is 12.9. The van der Waals surface area contributed by atoms with Crippen LogP contribution in [0.25, 0.3) is 6.08 Å². The van der Waals surface area contributed by atoms with E-state index in [0.717, 1.165) is 17.5 Å². The maximum absolute atomic E-state index is 12.9. The molecule has 0 atom stereocenters. The summed E-state index contributed by atoms with van der Waals surface area (Å²) in [6, 6.07) is 13.5. The van der Waals surface area contributed by atoms with Crippen LogP contribution in [0.2, 0.25) is 5.02 Å². The van der Waals surface area contributed by atoms with Gasteiger partial charge in [-0.1, -0.05) is 35.9 Å². The van der Waals surface area contributed by atoms with Gasteiger partial charge in [-0.2, -0.15) is 0 Å². The van der Waals surface area contributed by atoms with Gasteiger partial charge in [0.25, 0.3) is 5.91 Å². The minimum Gasteiger partial charge on any atom is -0.309 e. The van der Waals surface area contributed by atoms with E-state index in [0.29, 0.717) is 23.0 Å². The largest absolute Gasteiger partial charge is 0.309 e. The Hall–Kier alpha value is -2.46. The summed E-state index contributed by atoms with van der Waals surface area (Å²) in [6.45, 7) is 0. The normalized spacial score (nSPS) is 15.7. The van der Waals surface area contributed by atoms with Crippen molar-refractivity contribution < 1.29 is 9.18 Å². The first-order valence-electron chi connectivity index (χ1n) is 7.21. The number of hydrogen-bond acceptors (Lipinski definition) is 2. The first kappa shape index (κ1) is 15.4. The molecule has 5 heteroatoms. The Balaban J connectivity index is 1.70. The van der Waals surface area contributed by atoms with Crippen molar-refractivity contribution in [3.63, 3.8) is 0 Å². The summed E-state index contributed by atoms with van der Waals surface area (Å²) in [5.41, 5.74) is 2.15. The molecule has 3 rings (SSSR count). The van der Waals surface area contributed by atoms with E-state index >= 15 is 0 Å². The fourth-order valence-corrected chi connectivity index (χ4v) is 2.52. The summed E-state index contributed by atoms with van der Waals surface area (Å²) >= 11 is 5.95. The van der Waals surface area contributed by atoms with Crippen LogP contribution in [0.5, 0.6) is 0 Å². The van der Waals surface area contributed by atoms with Gasteiger partial charge in [0.1, 0.15) is 17.3 Å². The van der Waals surface area contributed by atoms with Gasteiger partial charge in [0.05, 0.1) is 0 Å². The number of aryl methyl sites for hydroxylation is 1. The number of nitrogens with one attached hydrogen (secondary N) is 1. The molecule has 1 amide bonds. The SMILES string of the molecule is O=C1NC(CCc2cccc(Cl)c2)=N/C1=C/c1ccc(F)cc1. The molecule has 0 unspecified atom stereocenters. The Labute approximate surface area is 138 Å². The predicted molar refractivity (Wildman–Crippen MR) is 89.7 cm³/mol. The summed E-state index contributed by atoms with van der Waals surface area (Å²) < 4.78 is 12.9. The Morgan fingerprint density at radius 2 is 1.91 bits per heavy atom. The highest BCUT2D eigenvalue weighted by molar-refractivity contribution is 6.30. The van der Waals surface area contributed by atoms with Gasteiger partial charge in [-0.25, -0.2) is 9.38 Å². The quantitative estimate of drug-likeness (QED) is 0.847. The van der Waals surface area contributed by atoms with Crippen LogP contribution in [0.4, 0.5) is 4.39 Å². The molecule has 0 saturated heterocycles. The van der Waals surface area contributed by atoms with E-state index in [1.807, 2.05) is 24.3 Å². The first-order chi connectivity index (χ1) is 11.1. The van der Waals surface area contributed by atoms with Gasteiger partial charge < -0.3 is 5.32 Å². The number of hydrogen-bond donors (Lipinski definition) is 1. The number of halogens is 2. The number of benzene rings is 2. The van der Waals surface area contributed by atoms with Crippen molar-refractivity contribution in [3.05, 3.63) is 76.2 Å². The predicted octanol–water partition coefficient (Wildman–Crippen LogP) is 3.98. The van der Waals surface area contributed by atoms with E-state index in [1.54, 1.807) is 18.2 Å². The van der Waals surface area contributed by atoms with Crippen molar-refractivity contribution in [2.45, 2.75) is 12.8 Å². The molecule has 0 aromatic heterocycles. The molecule has 0 spiro atoms. The smallest absolute Gasteiger partial charge is 0.275 e. The lowest BCUT2D eigenvalue weighted by molar-refractivity contribution is -0.115. The lowest BCUT2D eigenvalue weighted by Gasteiger charge is -2.01. The third-order valence-electron chi connectivity index (χ3n) is 3.46. The van der Waals surface area contributed by atoms with Gasteiger partial charge in [-0.05, 0) is 47.9 Å². The van der Waals surface area contributed by atoms with E-state index in [2.05, 4.69) is 10.3 Å². The van der Waals surface area contributed by atoms with E-state index in [9.17, 15) is 9.18 Å². The number of nitrogens with zero attached hydrogens (tertiary/aromatic N) is 1. The van der Waals surface area contributed by atoms with Crippen LogP contribution in [0.1, 0.15) is 17.5 Å². The van der Waals surface area contributed by atoms with E-state index in [1.165, 1.54) is 12.1 Å². The molecule has 23 heavy (non-hydrogen) atoms. The Morgan fingerprint density at radius 1 is 1.13 bits per heavy atom. The molecule has 0 aliphatic carbocycles. The summed E-state index contributed by atoms with van der Waals surface area (Å²) in [4.78, 5) is 16.2. The molecule has 0 radical (unpaired) electrons. The molecule has 0 fully saturated rings. The minimum absolute atomic E-state index is 0.240. The number of carbonyl (C=O) groups is 1. The van der Waals surface area contributed by atoms with E-state index in [-0.39, 0.29) is 11.7 Å². The van der Waals surface area contributed by atoms with Crippen LogP contribution in [0.15, 0.2) is 59.2 Å². The third kappa shape index (κ3) is 4.05. The molecular weight excluding hydrogens is 315 g/mol. The van der Waals surface area contributed by atoms with Crippen LogP contribution >= 0.6 is 11.6 Å². The standard InChI is InChI=1S/C18H14ClFN2O/c19-14-3-1-2-12(10-14)6-9-17-21-16(18(23)22-17)11-13-4-7-15(20)8-5-13/h1-5,7-8,10-11H,6,9H2,(H,21,22,23)/b16-11+. The summed E-state index contributed by atoms with van der Waals surface area (Å²) in [6.07, 6.45) is 3.00. The number of aliphatic imine (C=N–C) groups is 1. The lowest BCUT2D eigenvalue weighted by Crippen LogP contribution is -2.24. The van der Waals surface area contributed by atoms with Crippen LogP contribution in [-0.2, 0) is 11.2 Å². The molecule has 0 saturated carbocycles. The average molecular weight is 329 g/mol. The molecule has 1 N–H and O–H groups in total. The zero-order chi connectivity index (χ0) is 16.2. The van der Waals surface area contributed by atoms with Gasteiger partial charge in [0, 0.05) is 11.4 Å². The number of amidine groups is 1. The number of carbonyl (C=O) groups excluding carboxylic acids is 1. The van der Waals surface area contributed by atoms with E-state index < -0.39 is 0 Å². The molecule has 2 aromatic rings. The summed E-state index contributed by atoms with van der Waals surface area (Å²) in [5, 5.41) is 3.45. The maximum Gasteiger partial charge on any atom is 0.275 e. The van der Waals surface area contributed by atoms with Gasteiger partial charge in [-0.3, -0.25) is 4.79 Å². The van der Waals surface area contributed by atoms with Crippen molar-refractivity contribution in [2.75, 3.05) is 0 Å². The van der Waals surface area contributed by atoms with Crippen LogP contribution < -0.4 is 5.32 Å². The first-order valence-corrected chi connectivity index (χ1v) is 7.58.